The second-order valence-electron chi connectivity index (χ2n) is 4.32. The van der Waals surface area contributed by atoms with Crippen molar-refractivity contribution >= 4 is 17.6 Å². The van der Waals surface area contributed by atoms with Gasteiger partial charge >= 0.3 is 6.03 Å². The average molecular weight is 279 g/mol. The molecule has 0 aromatic heterocycles. The van der Waals surface area contributed by atoms with E-state index in [-0.39, 0.29) is 11.9 Å². The SMILES string of the molecule is CCCNC(=O)NCc1cc(NC(C)=O)ccc1OC. The van der Waals surface area contributed by atoms with Crippen molar-refractivity contribution in [1.29, 1.82) is 0 Å². The summed E-state index contributed by atoms with van der Waals surface area (Å²) >= 11 is 0. The molecule has 0 aliphatic rings. The Balaban J connectivity index is 2.70. The second-order valence-corrected chi connectivity index (χ2v) is 4.32. The van der Waals surface area contributed by atoms with E-state index < -0.39 is 0 Å². The summed E-state index contributed by atoms with van der Waals surface area (Å²) in [6, 6.07) is 5.06. The molecule has 0 spiro atoms. The fourth-order valence-corrected chi connectivity index (χ4v) is 1.67. The summed E-state index contributed by atoms with van der Waals surface area (Å²) in [5.74, 6) is 0.518. The Morgan fingerprint density at radius 1 is 1.25 bits per heavy atom. The molecule has 0 unspecified atom stereocenters. The van der Waals surface area contributed by atoms with E-state index in [1.807, 2.05) is 6.92 Å². The lowest BCUT2D eigenvalue weighted by atomic mass is 10.1. The molecule has 0 atom stereocenters. The zero-order valence-electron chi connectivity index (χ0n) is 12.1. The van der Waals surface area contributed by atoms with Crippen molar-refractivity contribution in [1.82, 2.24) is 10.6 Å². The Morgan fingerprint density at radius 3 is 2.60 bits per heavy atom. The third-order valence-electron chi connectivity index (χ3n) is 2.58. The highest BCUT2D eigenvalue weighted by atomic mass is 16.5. The number of carbonyl (C=O) groups is 2. The van der Waals surface area contributed by atoms with Gasteiger partial charge in [0.1, 0.15) is 5.75 Å². The fraction of sp³-hybridized carbons (Fsp3) is 0.429. The highest BCUT2D eigenvalue weighted by molar-refractivity contribution is 5.88. The molecule has 3 N–H and O–H groups in total. The molecule has 1 aromatic rings. The zero-order chi connectivity index (χ0) is 15.0. The van der Waals surface area contributed by atoms with Gasteiger partial charge in [-0.05, 0) is 24.6 Å². The normalized spacial score (nSPS) is 9.75. The third kappa shape index (κ3) is 5.17. The van der Waals surface area contributed by atoms with Gasteiger partial charge in [-0.25, -0.2) is 4.79 Å². The van der Waals surface area contributed by atoms with Crippen molar-refractivity contribution in [3.63, 3.8) is 0 Å². The van der Waals surface area contributed by atoms with E-state index in [4.69, 9.17) is 4.74 Å². The minimum absolute atomic E-state index is 0.144. The summed E-state index contributed by atoms with van der Waals surface area (Å²) < 4.78 is 5.23. The Kier molecular flexibility index (Phi) is 6.36. The first-order valence-corrected chi connectivity index (χ1v) is 6.53. The molecule has 20 heavy (non-hydrogen) atoms. The molecule has 110 valence electrons. The van der Waals surface area contributed by atoms with E-state index in [1.165, 1.54) is 6.92 Å². The Labute approximate surface area is 118 Å². The summed E-state index contributed by atoms with van der Waals surface area (Å²) in [7, 11) is 1.56. The molecular weight excluding hydrogens is 258 g/mol. The molecule has 6 heteroatoms. The minimum atomic E-state index is -0.223. The Hall–Kier alpha value is -2.24. The van der Waals surface area contributed by atoms with Crippen LogP contribution in [-0.2, 0) is 11.3 Å². The van der Waals surface area contributed by atoms with E-state index in [2.05, 4.69) is 16.0 Å². The molecule has 0 bridgehead atoms. The second kappa shape index (κ2) is 8.04. The molecule has 0 radical (unpaired) electrons. The van der Waals surface area contributed by atoms with Crippen LogP contribution in [0, 0.1) is 0 Å². The number of benzene rings is 1. The molecule has 0 saturated heterocycles. The lowest BCUT2D eigenvalue weighted by Crippen LogP contribution is -2.35. The lowest BCUT2D eigenvalue weighted by Gasteiger charge is -2.12. The number of hydrogen-bond acceptors (Lipinski definition) is 3. The highest BCUT2D eigenvalue weighted by Crippen LogP contribution is 2.22. The molecular formula is C14H21N3O3. The Bertz CT molecular complexity index is 475. The molecule has 0 heterocycles. The maximum absolute atomic E-state index is 11.5. The number of urea groups is 1. The molecule has 0 aliphatic carbocycles. The van der Waals surface area contributed by atoms with Crippen LogP contribution in [0.15, 0.2) is 18.2 Å². The van der Waals surface area contributed by atoms with Crippen molar-refractivity contribution in [2.75, 3.05) is 19.0 Å². The maximum atomic E-state index is 11.5. The quantitative estimate of drug-likeness (QED) is 0.743. The maximum Gasteiger partial charge on any atom is 0.315 e. The van der Waals surface area contributed by atoms with Crippen LogP contribution >= 0.6 is 0 Å². The smallest absolute Gasteiger partial charge is 0.315 e. The molecule has 6 nitrogen and oxygen atoms in total. The van der Waals surface area contributed by atoms with Crippen LogP contribution in [0.25, 0.3) is 0 Å². The van der Waals surface area contributed by atoms with Crippen LogP contribution in [-0.4, -0.2) is 25.6 Å². The largest absolute Gasteiger partial charge is 0.496 e. The van der Waals surface area contributed by atoms with Gasteiger partial charge in [-0.2, -0.15) is 0 Å². The van der Waals surface area contributed by atoms with Crippen molar-refractivity contribution in [2.45, 2.75) is 26.8 Å². The number of hydrogen-bond donors (Lipinski definition) is 3. The first kappa shape index (κ1) is 15.8. The summed E-state index contributed by atoms with van der Waals surface area (Å²) in [6.45, 7) is 4.39. The number of anilines is 1. The zero-order valence-corrected chi connectivity index (χ0v) is 12.1. The number of nitrogens with one attached hydrogen (secondary N) is 3. The average Bonchev–Trinajstić information content (AvgIpc) is 2.42. The van der Waals surface area contributed by atoms with Crippen LogP contribution in [0.5, 0.6) is 5.75 Å². The minimum Gasteiger partial charge on any atom is -0.496 e. The number of carbonyl (C=O) groups excluding carboxylic acids is 2. The van der Waals surface area contributed by atoms with Gasteiger partial charge in [0.15, 0.2) is 0 Å². The number of ether oxygens (including phenoxy) is 1. The molecule has 1 rings (SSSR count). The predicted octanol–water partition coefficient (Wildman–Crippen LogP) is 1.86. The first-order chi connectivity index (χ1) is 9.56. The van der Waals surface area contributed by atoms with Gasteiger partial charge in [0.2, 0.25) is 5.91 Å². The fourth-order valence-electron chi connectivity index (χ4n) is 1.67. The van der Waals surface area contributed by atoms with E-state index in [0.717, 1.165) is 12.0 Å². The van der Waals surface area contributed by atoms with Crippen LogP contribution < -0.4 is 20.7 Å². The lowest BCUT2D eigenvalue weighted by molar-refractivity contribution is -0.114. The summed E-state index contributed by atoms with van der Waals surface area (Å²) in [4.78, 5) is 22.5. The van der Waals surface area contributed by atoms with Gasteiger partial charge in [0.05, 0.1) is 7.11 Å². The van der Waals surface area contributed by atoms with Gasteiger partial charge in [-0.3, -0.25) is 4.79 Å². The monoisotopic (exact) mass is 279 g/mol. The molecule has 0 fully saturated rings. The van der Waals surface area contributed by atoms with Gasteiger partial charge in [0.25, 0.3) is 0 Å². The molecule has 1 aromatic carbocycles. The number of rotatable bonds is 6. The highest BCUT2D eigenvalue weighted by Gasteiger charge is 2.07. The van der Waals surface area contributed by atoms with Crippen LogP contribution in [0.2, 0.25) is 0 Å². The van der Waals surface area contributed by atoms with Gasteiger partial charge in [-0.1, -0.05) is 6.92 Å². The van der Waals surface area contributed by atoms with Crippen molar-refractivity contribution in [2.24, 2.45) is 0 Å². The van der Waals surface area contributed by atoms with E-state index in [9.17, 15) is 9.59 Å². The summed E-state index contributed by atoms with van der Waals surface area (Å²) in [5, 5.41) is 8.17. The van der Waals surface area contributed by atoms with Crippen LogP contribution in [0.1, 0.15) is 25.8 Å². The van der Waals surface area contributed by atoms with Crippen molar-refractivity contribution in [3.8, 4) is 5.75 Å². The van der Waals surface area contributed by atoms with Crippen molar-refractivity contribution in [3.05, 3.63) is 23.8 Å². The van der Waals surface area contributed by atoms with Crippen LogP contribution in [0.3, 0.4) is 0 Å². The molecule has 0 aliphatic heterocycles. The number of amides is 3. The summed E-state index contributed by atoms with van der Waals surface area (Å²) in [6.07, 6.45) is 0.884. The topological polar surface area (TPSA) is 79.5 Å². The standard InChI is InChI=1S/C14H21N3O3/c1-4-7-15-14(19)16-9-11-8-12(17-10(2)18)5-6-13(11)20-3/h5-6,8H,4,7,9H2,1-3H3,(H,17,18)(H2,15,16,19). The Morgan fingerprint density at radius 2 is 2.00 bits per heavy atom. The molecule has 3 amide bonds. The van der Waals surface area contributed by atoms with E-state index >= 15 is 0 Å². The van der Waals surface area contributed by atoms with E-state index in [0.29, 0.717) is 24.5 Å². The number of methoxy groups -OCH3 is 1. The summed E-state index contributed by atoms with van der Waals surface area (Å²) in [5.41, 5.74) is 1.47. The van der Waals surface area contributed by atoms with Gasteiger partial charge in [-0.15, -0.1) is 0 Å². The van der Waals surface area contributed by atoms with Gasteiger partial charge in [0, 0.05) is 31.3 Å². The van der Waals surface area contributed by atoms with Crippen LogP contribution in [0.4, 0.5) is 10.5 Å². The first-order valence-electron chi connectivity index (χ1n) is 6.53. The predicted molar refractivity (Wildman–Crippen MR) is 77.8 cm³/mol. The van der Waals surface area contributed by atoms with E-state index in [1.54, 1.807) is 25.3 Å². The van der Waals surface area contributed by atoms with Gasteiger partial charge < -0.3 is 20.7 Å². The third-order valence-corrected chi connectivity index (χ3v) is 2.58. The molecule has 0 saturated carbocycles. The van der Waals surface area contributed by atoms with Crippen molar-refractivity contribution < 1.29 is 14.3 Å².